The number of aryl methyl sites for hydroxylation is 1. The number of thioether (sulfide) groups is 1. The van der Waals surface area contributed by atoms with Gasteiger partial charge < -0.3 is 10.1 Å². The molecular weight excluding hydrogens is 514 g/mol. The molecular formula is C25H21N5O5S2. The van der Waals surface area contributed by atoms with Gasteiger partial charge in [-0.2, -0.15) is 5.10 Å². The van der Waals surface area contributed by atoms with Gasteiger partial charge in [0.25, 0.3) is 11.1 Å². The van der Waals surface area contributed by atoms with E-state index < -0.39 is 18.5 Å². The quantitative estimate of drug-likeness (QED) is 0.341. The van der Waals surface area contributed by atoms with Crippen LogP contribution in [-0.4, -0.2) is 68.1 Å². The molecule has 0 bridgehead atoms. The summed E-state index contributed by atoms with van der Waals surface area (Å²) in [6.45, 7) is 1.41. The zero-order valence-corrected chi connectivity index (χ0v) is 21.3. The molecule has 4 aromatic rings. The fourth-order valence-electron chi connectivity index (χ4n) is 3.91. The van der Waals surface area contributed by atoms with Gasteiger partial charge >= 0.3 is 5.97 Å². The van der Waals surface area contributed by atoms with E-state index in [1.807, 2.05) is 47.8 Å². The van der Waals surface area contributed by atoms with E-state index in [2.05, 4.69) is 10.4 Å². The number of rotatable bonds is 8. The van der Waals surface area contributed by atoms with Gasteiger partial charge in [-0.15, -0.1) is 11.3 Å². The fraction of sp³-hybridized carbons (Fsp3) is 0.200. The second-order valence-electron chi connectivity index (χ2n) is 8.09. The largest absolute Gasteiger partial charge is 0.452 e. The first-order valence-corrected chi connectivity index (χ1v) is 13.2. The molecule has 1 fully saturated rings. The van der Waals surface area contributed by atoms with E-state index in [4.69, 9.17) is 9.72 Å². The summed E-state index contributed by atoms with van der Waals surface area (Å²) in [5.74, 6) is -1.40. The van der Waals surface area contributed by atoms with Crippen LogP contribution in [0.25, 0.3) is 27.3 Å². The molecule has 0 saturated carbocycles. The third-order valence-corrected chi connectivity index (χ3v) is 7.39. The van der Waals surface area contributed by atoms with Crippen LogP contribution in [0.15, 0.2) is 53.9 Å². The number of hydrogen-bond donors (Lipinski definition) is 1. The summed E-state index contributed by atoms with van der Waals surface area (Å²) >= 11 is 2.42. The highest BCUT2D eigenvalue weighted by Gasteiger charge is 2.29. The first kappa shape index (κ1) is 24.7. The molecule has 10 nitrogen and oxygen atoms in total. The first-order chi connectivity index (χ1) is 17.9. The molecule has 1 aromatic carbocycles. The number of para-hydroxylation sites is 1. The van der Waals surface area contributed by atoms with Crippen molar-refractivity contribution in [3.8, 4) is 16.3 Å². The fourth-order valence-corrected chi connectivity index (χ4v) is 5.35. The van der Waals surface area contributed by atoms with Crippen LogP contribution in [0.4, 0.5) is 4.79 Å². The van der Waals surface area contributed by atoms with E-state index in [-0.39, 0.29) is 35.6 Å². The number of esters is 1. The van der Waals surface area contributed by atoms with Crippen molar-refractivity contribution in [3.05, 3.63) is 65.2 Å². The number of fused-ring (bicyclic) bond motifs is 1. The number of ether oxygens (including phenoxy) is 1. The Balaban J connectivity index is 1.36. The van der Waals surface area contributed by atoms with E-state index in [0.29, 0.717) is 22.4 Å². The van der Waals surface area contributed by atoms with E-state index >= 15 is 0 Å². The Hall–Kier alpha value is -4.03. The van der Waals surface area contributed by atoms with E-state index in [1.54, 1.807) is 17.7 Å². The number of nitrogens with one attached hydrogen (secondary N) is 1. The number of carbonyl (C=O) groups excluding carboxylic acids is 4. The number of benzene rings is 1. The second-order valence-corrected chi connectivity index (χ2v) is 9.96. The minimum atomic E-state index is -0.683. The molecule has 0 radical (unpaired) electrons. The molecule has 4 heterocycles. The summed E-state index contributed by atoms with van der Waals surface area (Å²) in [6.07, 6.45) is 0. The van der Waals surface area contributed by atoms with E-state index in [1.165, 1.54) is 11.3 Å². The summed E-state index contributed by atoms with van der Waals surface area (Å²) in [5, 5.41) is 9.32. The minimum Gasteiger partial charge on any atom is -0.452 e. The van der Waals surface area contributed by atoms with Crippen molar-refractivity contribution in [2.45, 2.75) is 6.92 Å². The molecule has 3 aromatic heterocycles. The first-order valence-electron chi connectivity index (χ1n) is 11.3. The second kappa shape index (κ2) is 10.5. The molecule has 188 valence electrons. The highest BCUT2D eigenvalue weighted by Crippen LogP contribution is 2.31. The minimum absolute atomic E-state index is 0.0668. The van der Waals surface area contributed by atoms with Gasteiger partial charge in [0.2, 0.25) is 5.91 Å². The SMILES string of the molecule is Cc1nn(-c2ccccc2)c2nc(-c3cccs3)cc(C(=O)OCC(=O)NCCN3C(=O)CSC3=O)c12. The van der Waals surface area contributed by atoms with Crippen molar-refractivity contribution in [2.75, 3.05) is 25.4 Å². The van der Waals surface area contributed by atoms with Crippen molar-refractivity contribution in [3.63, 3.8) is 0 Å². The molecule has 0 spiro atoms. The molecule has 0 atom stereocenters. The summed E-state index contributed by atoms with van der Waals surface area (Å²) in [6, 6.07) is 14.9. The summed E-state index contributed by atoms with van der Waals surface area (Å²) in [7, 11) is 0. The Morgan fingerprint density at radius 1 is 1.14 bits per heavy atom. The lowest BCUT2D eigenvalue weighted by Gasteiger charge is -2.13. The molecule has 5 rings (SSSR count). The molecule has 3 amide bonds. The van der Waals surface area contributed by atoms with Crippen LogP contribution in [0.3, 0.4) is 0 Å². The maximum Gasteiger partial charge on any atom is 0.339 e. The van der Waals surface area contributed by atoms with E-state index in [9.17, 15) is 19.2 Å². The lowest BCUT2D eigenvalue weighted by atomic mass is 10.1. The van der Waals surface area contributed by atoms with Crippen molar-refractivity contribution in [1.82, 2.24) is 25.0 Å². The number of nitrogens with zero attached hydrogens (tertiary/aromatic N) is 4. The predicted molar refractivity (Wildman–Crippen MR) is 140 cm³/mol. The zero-order chi connectivity index (χ0) is 25.9. The van der Waals surface area contributed by atoms with Crippen molar-refractivity contribution < 1.29 is 23.9 Å². The topological polar surface area (TPSA) is 123 Å². The van der Waals surface area contributed by atoms with Crippen LogP contribution in [0, 0.1) is 6.92 Å². The number of amides is 3. The van der Waals surface area contributed by atoms with Gasteiger partial charge in [0.15, 0.2) is 12.3 Å². The number of hydrogen-bond acceptors (Lipinski definition) is 9. The number of thiophene rings is 1. The van der Waals surface area contributed by atoms with Crippen molar-refractivity contribution in [1.29, 1.82) is 0 Å². The van der Waals surface area contributed by atoms with Gasteiger partial charge in [-0.25, -0.2) is 14.5 Å². The number of pyridine rings is 1. The Bertz CT molecular complexity index is 1480. The molecule has 1 aliphatic rings. The van der Waals surface area contributed by atoms with Gasteiger partial charge in [0.05, 0.1) is 38.7 Å². The van der Waals surface area contributed by atoms with Crippen molar-refractivity contribution >= 4 is 57.2 Å². The van der Waals surface area contributed by atoms with E-state index in [0.717, 1.165) is 27.2 Å². The van der Waals surface area contributed by atoms with Crippen LogP contribution >= 0.6 is 23.1 Å². The monoisotopic (exact) mass is 535 g/mol. The Morgan fingerprint density at radius 3 is 2.65 bits per heavy atom. The van der Waals surface area contributed by atoms with Gasteiger partial charge in [0.1, 0.15) is 0 Å². The van der Waals surface area contributed by atoms with Crippen LogP contribution in [0.2, 0.25) is 0 Å². The van der Waals surface area contributed by atoms with Gasteiger partial charge in [-0.1, -0.05) is 36.0 Å². The van der Waals surface area contributed by atoms with Gasteiger partial charge in [-0.05, 0) is 36.6 Å². The lowest BCUT2D eigenvalue weighted by molar-refractivity contribution is -0.126. The van der Waals surface area contributed by atoms with Crippen LogP contribution in [0.5, 0.6) is 0 Å². The standard InChI is InChI=1S/C25H21N5O5S2/c1-15-22-17(24(33)35-13-20(31)26-9-10-29-21(32)14-37-25(29)34)12-18(19-8-5-11-36-19)27-23(22)30(28-15)16-6-3-2-4-7-16/h2-8,11-12H,9-10,13-14H2,1H3,(H,26,31). The molecule has 37 heavy (non-hydrogen) atoms. The highest BCUT2D eigenvalue weighted by atomic mass is 32.2. The Labute approximate surface area is 219 Å². The molecule has 12 heteroatoms. The summed E-state index contributed by atoms with van der Waals surface area (Å²) in [5.41, 5.74) is 2.74. The Kier molecular flexibility index (Phi) is 7.01. The zero-order valence-electron chi connectivity index (χ0n) is 19.7. The predicted octanol–water partition coefficient (Wildman–Crippen LogP) is 3.43. The molecule has 0 aliphatic carbocycles. The maximum absolute atomic E-state index is 13.2. The number of imide groups is 1. The number of carbonyl (C=O) groups is 4. The summed E-state index contributed by atoms with van der Waals surface area (Å²) in [4.78, 5) is 55.5. The number of aromatic nitrogens is 3. The third-order valence-electron chi connectivity index (χ3n) is 5.64. The normalized spacial score (nSPS) is 13.4. The molecule has 1 N–H and O–H groups in total. The Morgan fingerprint density at radius 2 is 1.95 bits per heavy atom. The summed E-state index contributed by atoms with van der Waals surface area (Å²) < 4.78 is 7.03. The molecule has 0 unspecified atom stereocenters. The van der Waals surface area contributed by atoms with Gasteiger partial charge in [0, 0.05) is 13.1 Å². The molecule has 1 aliphatic heterocycles. The van der Waals surface area contributed by atoms with Crippen LogP contribution in [-0.2, 0) is 14.3 Å². The smallest absolute Gasteiger partial charge is 0.339 e. The average molecular weight is 536 g/mol. The third kappa shape index (κ3) is 5.11. The van der Waals surface area contributed by atoms with Crippen LogP contribution < -0.4 is 5.32 Å². The van der Waals surface area contributed by atoms with Crippen LogP contribution in [0.1, 0.15) is 16.1 Å². The highest BCUT2D eigenvalue weighted by molar-refractivity contribution is 8.14. The lowest BCUT2D eigenvalue weighted by Crippen LogP contribution is -2.38. The van der Waals surface area contributed by atoms with Crippen molar-refractivity contribution in [2.24, 2.45) is 0 Å². The average Bonchev–Trinajstić information content (AvgIpc) is 3.64. The van der Waals surface area contributed by atoms with Gasteiger partial charge in [-0.3, -0.25) is 19.3 Å². The molecule has 1 saturated heterocycles. The maximum atomic E-state index is 13.2.